The van der Waals surface area contributed by atoms with Crippen molar-refractivity contribution >= 4 is 10.9 Å². The van der Waals surface area contributed by atoms with Crippen molar-refractivity contribution in [2.24, 2.45) is 0 Å². The molecule has 1 atom stereocenters. The Morgan fingerprint density at radius 2 is 1.92 bits per heavy atom. The van der Waals surface area contributed by atoms with E-state index < -0.39 is 6.10 Å². The number of fused-ring (bicyclic) bond motifs is 3. The number of aromatic nitrogens is 1. The summed E-state index contributed by atoms with van der Waals surface area (Å²) < 4.78 is 15.4. The van der Waals surface area contributed by atoms with Gasteiger partial charge in [-0.05, 0) is 49.4 Å². The Morgan fingerprint density at radius 3 is 2.68 bits per heavy atom. The van der Waals surface area contributed by atoms with Crippen molar-refractivity contribution in [2.45, 2.75) is 32.5 Å². The summed E-state index contributed by atoms with van der Waals surface area (Å²) in [6.07, 6.45) is 0.330. The largest absolute Gasteiger partial charge is 0.387 e. The molecule has 0 saturated heterocycles. The number of hydrogen-bond acceptors (Lipinski definition) is 2. The summed E-state index contributed by atoms with van der Waals surface area (Å²) in [6.45, 7) is 4.57. The highest BCUT2D eigenvalue weighted by Gasteiger charge is 2.23. The summed E-state index contributed by atoms with van der Waals surface area (Å²) in [6, 6.07) is 12.7. The molecule has 0 saturated carbocycles. The first kappa shape index (κ1) is 16.3. The molecule has 0 fully saturated rings. The molecule has 2 aromatic carbocycles. The van der Waals surface area contributed by atoms with E-state index in [1.807, 2.05) is 0 Å². The molecule has 25 heavy (non-hydrogen) atoms. The molecule has 1 aliphatic rings. The highest BCUT2D eigenvalue weighted by molar-refractivity contribution is 5.86. The van der Waals surface area contributed by atoms with E-state index in [2.05, 4.69) is 41.6 Å². The second-order valence-corrected chi connectivity index (χ2v) is 7.11. The van der Waals surface area contributed by atoms with Crippen LogP contribution in [0.5, 0.6) is 0 Å². The number of likely N-dealkylation sites (N-methyl/N-ethyl adjacent to an activating group) is 1. The smallest absolute Gasteiger partial charge is 0.123 e. The first-order valence-electron chi connectivity index (χ1n) is 8.75. The molecule has 3 aromatic rings. The number of rotatable bonds is 3. The van der Waals surface area contributed by atoms with Crippen molar-refractivity contribution in [2.75, 3.05) is 13.6 Å². The van der Waals surface area contributed by atoms with Crippen LogP contribution in [0.4, 0.5) is 4.39 Å². The Hall–Kier alpha value is -2.17. The molecule has 1 aliphatic heterocycles. The zero-order chi connectivity index (χ0) is 17.6. The Balaban J connectivity index is 1.77. The molecule has 1 N–H and O–H groups in total. The van der Waals surface area contributed by atoms with Gasteiger partial charge in [0, 0.05) is 36.1 Å². The molecule has 0 radical (unpaired) electrons. The van der Waals surface area contributed by atoms with Crippen LogP contribution in [0.15, 0.2) is 42.5 Å². The number of nitrogens with zero attached hydrogens (tertiary/aromatic N) is 2. The first-order chi connectivity index (χ1) is 12.0. The minimum Gasteiger partial charge on any atom is -0.387 e. The maximum Gasteiger partial charge on any atom is 0.123 e. The van der Waals surface area contributed by atoms with Gasteiger partial charge in [-0.25, -0.2) is 4.39 Å². The number of aliphatic hydroxyl groups excluding tert-OH is 1. The minimum atomic E-state index is -0.652. The van der Waals surface area contributed by atoms with Gasteiger partial charge in [-0.1, -0.05) is 23.8 Å². The standard InChI is InChI=1S/C21H23FN2O/c1-14-3-8-19-17(11-14)18-12-23(2)10-9-20(18)24(19)13-21(25)15-4-6-16(22)7-5-15/h3-8,11,21,25H,9-10,12-13H2,1-2H3. The van der Waals surface area contributed by atoms with E-state index >= 15 is 0 Å². The SMILES string of the molecule is Cc1ccc2c(c1)c1c(n2CC(O)c2ccc(F)cc2)CCN(C)C1. The van der Waals surface area contributed by atoms with Crippen LogP contribution in [-0.4, -0.2) is 28.2 Å². The maximum absolute atomic E-state index is 13.1. The summed E-state index contributed by atoms with van der Waals surface area (Å²) in [4.78, 5) is 2.34. The van der Waals surface area contributed by atoms with Crippen LogP contribution < -0.4 is 0 Å². The summed E-state index contributed by atoms with van der Waals surface area (Å²) in [5.74, 6) is -0.279. The van der Waals surface area contributed by atoms with Crippen molar-refractivity contribution in [3.05, 3.63) is 70.7 Å². The van der Waals surface area contributed by atoms with Gasteiger partial charge in [0.2, 0.25) is 0 Å². The highest BCUT2D eigenvalue weighted by atomic mass is 19.1. The van der Waals surface area contributed by atoms with E-state index in [0.29, 0.717) is 6.54 Å². The molecule has 4 heteroatoms. The normalized spacial score (nSPS) is 16.2. The third-order valence-electron chi connectivity index (χ3n) is 5.21. The predicted octanol–water partition coefficient (Wildman–Crippen LogP) is 3.81. The Bertz CT molecular complexity index is 914. The van der Waals surface area contributed by atoms with Gasteiger partial charge in [0.15, 0.2) is 0 Å². The lowest BCUT2D eigenvalue weighted by Crippen LogP contribution is -2.27. The van der Waals surface area contributed by atoms with Crippen LogP contribution in [0, 0.1) is 12.7 Å². The van der Waals surface area contributed by atoms with Crippen LogP contribution in [0.3, 0.4) is 0 Å². The summed E-state index contributed by atoms with van der Waals surface area (Å²) in [5.41, 5.74) is 5.86. The van der Waals surface area contributed by atoms with Crippen molar-refractivity contribution in [3.63, 3.8) is 0 Å². The van der Waals surface area contributed by atoms with Gasteiger partial charge < -0.3 is 14.6 Å². The lowest BCUT2D eigenvalue weighted by atomic mass is 10.0. The van der Waals surface area contributed by atoms with Crippen LogP contribution in [0.25, 0.3) is 10.9 Å². The van der Waals surface area contributed by atoms with E-state index in [9.17, 15) is 9.50 Å². The van der Waals surface area contributed by atoms with Crippen LogP contribution in [-0.2, 0) is 19.5 Å². The molecule has 1 unspecified atom stereocenters. The number of halogens is 1. The highest BCUT2D eigenvalue weighted by Crippen LogP contribution is 2.32. The number of benzene rings is 2. The molecule has 1 aromatic heterocycles. The van der Waals surface area contributed by atoms with E-state index in [1.54, 1.807) is 12.1 Å². The fourth-order valence-corrected chi connectivity index (χ4v) is 3.87. The third kappa shape index (κ3) is 2.96. The maximum atomic E-state index is 13.1. The molecular formula is C21H23FN2O. The molecule has 4 rings (SSSR count). The monoisotopic (exact) mass is 338 g/mol. The number of aliphatic hydroxyl groups is 1. The van der Waals surface area contributed by atoms with Gasteiger partial charge in [0.05, 0.1) is 12.6 Å². The lowest BCUT2D eigenvalue weighted by molar-refractivity contribution is 0.156. The number of hydrogen-bond donors (Lipinski definition) is 1. The zero-order valence-electron chi connectivity index (χ0n) is 14.7. The van der Waals surface area contributed by atoms with E-state index in [1.165, 1.54) is 39.9 Å². The average Bonchev–Trinajstić information content (AvgIpc) is 2.88. The Kier molecular flexibility index (Phi) is 4.10. The molecular weight excluding hydrogens is 315 g/mol. The van der Waals surface area contributed by atoms with Gasteiger partial charge in [-0.2, -0.15) is 0 Å². The van der Waals surface area contributed by atoms with Crippen LogP contribution in [0.1, 0.15) is 28.5 Å². The molecule has 0 bridgehead atoms. The van der Waals surface area contributed by atoms with Gasteiger partial charge >= 0.3 is 0 Å². The molecule has 2 heterocycles. The molecule has 0 aliphatic carbocycles. The van der Waals surface area contributed by atoms with Gasteiger partial charge in [-0.3, -0.25) is 0 Å². The summed E-state index contributed by atoms with van der Waals surface area (Å²) in [5, 5.41) is 12.0. The van der Waals surface area contributed by atoms with Crippen LogP contribution >= 0.6 is 0 Å². The van der Waals surface area contributed by atoms with Crippen LogP contribution in [0.2, 0.25) is 0 Å². The molecule has 0 amide bonds. The molecule has 0 spiro atoms. The predicted molar refractivity (Wildman–Crippen MR) is 98.1 cm³/mol. The van der Waals surface area contributed by atoms with Crippen molar-refractivity contribution in [1.29, 1.82) is 0 Å². The van der Waals surface area contributed by atoms with Crippen molar-refractivity contribution in [3.8, 4) is 0 Å². The fraction of sp³-hybridized carbons (Fsp3) is 0.333. The minimum absolute atomic E-state index is 0.279. The van der Waals surface area contributed by atoms with E-state index in [0.717, 1.165) is 25.1 Å². The van der Waals surface area contributed by atoms with E-state index in [4.69, 9.17) is 0 Å². The lowest BCUT2D eigenvalue weighted by Gasteiger charge is -2.25. The van der Waals surface area contributed by atoms with Gasteiger partial charge in [-0.15, -0.1) is 0 Å². The molecule has 130 valence electrons. The van der Waals surface area contributed by atoms with Crippen molar-refractivity contribution < 1.29 is 9.50 Å². The zero-order valence-corrected chi connectivity index (χ0v) is 14.7. The van der Waals surface area contributed by atoms with E-state index in [-0.39, 0.29) is 5.82 Å². The first-order valence-corrected chi connectivity index (χ1v) is 8.75. The van der Waals surface area contributed by atoms with Gasteiger partial charge in [0.25, 0.3) is 0 Å². The quantitative estimate of drug-likeness (QED) is 0.787. The van der Waals surface area contributed by atoms with Gasteiger partial charge in [0.1, 0.15) is 5.82 Å². The Labute approximate surface area is 147 Å². The average molecular weight is 338 g/mol. The third-order valence-corrected chi connectivity index (χ3v) is 5.21. The summed E-state index contributed by atoms with van der Waals surface area (Å²) in [7, 11) is 2.15. The molecule has 3 nitrogen and oxygen atoms in total. The number of aryl methyl sites for hydroxylation is 1. The second kappa shape index (κ2) is 6.28. The summed E-state index contributed by atoms with van der Waals surface area (Å²) >= 11 is 0. The Morgan fingerprint density at radius 1 is 1.16 bits per heavy atom. The van der Waals surface area contributed by atoms with Crippen molar-refractivity contribution in [1.82, 2.24) is 9.47 Å². The topological polar surface area (TPSA) is 28.4 Å². The second-order valence-electron chi connectivity index (χ2n) is 7.11. The fourth-order valence-electron chi connectivity index (χ4n) is 3.87.